The molecule has 0 amide bonds. The molecule has 0 N–H and O–H groups in total. The SMILES string of the molecule is CC(C)(C)c1ccc(N2B3c4cc5oc6ccccc6c5cc4-n4c5cc6c(cc5c5c7c(sc8ccccc87)c(c3c54)-c3cc4oc5cc7c(cc5c4cc32)C(C)(C)CCC7(C)C)C(C)(C)CCC6(C)C)cc1. The van der Waals surface area contributed by atoms with Gasteiger partial charge in [0, 0.05) is 80.7 Å². The van der Waals surface area contributed by atoms with Crippen molar-refractivity contribution in [3.8, 4) is 16.8 Å². The quantitative estimate of drug-likeness (QED) is 0.154. The van der Waals surface area contributed by atoms with Crippen molar-refractivity contribution in [2.75, 3.05) is 4.81 Å². The van der Waals surface area contributed by atoms with Crippen LogP contribution in [0.3, 0.4) is 0 Å². The van der Waals surface area contributed by atoms with Crippen LogP contribution in [0, 0.1) is 0 Å². The van der Waals surface area contributed by atoms with Gasteiger partial charge in [-0.1, -0.05) is 125 Å². The van der Waals surface area contributed by atoms with Gasteiger partial charge in [-0.2, -0.15) is 0 Å². The molecule has 4 nitrogen and oxygen atoms in total. The highest BCUT2D eigenvalue weighted by molar-refractivity contribution is 7.27. The molecule has 364 valence electrons. The lowest BCUT2D eigenvalue weighted by Crippen LogP contribution is -2.60. The molecule has 74 heavy (non-hydrogen) atoms. The molecule has 0 bridgehead atoms. The highest BCUT2D eigenvalue weighted by Crippen LogP contribution is 2.57. The minimum atomic E-state index is -0.190. The van der Waals surface area contributed by atoms with Crippen molar-refractivity contribution in [3.63, 3.8) is 0 Å². The Kier molecular flexibility index (Phi) is 8.10. The van der Waals surface area contributed by atoms with Crippen LogP contribution in [0.1, 0.15) is 130 Å². The summed E-state index contributed by atoms with van der Waals surface area (Å²) in [7, 11) is 0. The van der Waals surface area contributed by atoms with E-state index >= 15 is 0 Å². The van der Waals surface area contributed by atoms with E-state index in [4.69, 9.17) is 8.83 Å². The van der Waals surface area contributed by atoms with Gasteiger partial charge in [-0.05, 0) is 164 Å². The Morgan fingerprint density at radius 2 is 1.07 bits per heavy atom. The van der Waals surface area contributed by atoms with Gasteiger partial charge in [0.2, 0.25) is 0 Å². The van der Waals surface area contributed by atoms with Crippen LogP contribution in [0.25, 0.3) is 103 Å². The Morgan fingerprint density at radius 1 is 0.514 bits per heavy atom. The average Bonchev–Trinajstić information content (AvgIpc) is 4.20. The number of rotatable bonds is 1. The molecule has 16 rings (SSSR count). The van der Waals surface area contributed by atoms with Crippen molar-refractivity contribution < 1.29 is 8.83 Å². The van der Waals surface area contributed by atoms with Crippen LogP contribution in [-0.2, 0) is 27.1 Å². The van der Waals surface area contributed by atoms with Crippen LogP contribution in [-0.4, -0.2) is 11.4 Å². The summed E-state index contributed by atoms with van der Waals surface area (Å²) in [6.45, 7) is 26.4. The van der Waals surface area contributed by atoms with E-state index in [2.05, 4.69) is 207 Å². The molecule has 0 radical (unpaired) electrons. The molecular weight excluding hydrogens is 920 g/mol. The summed E-state index contributed by atoms with van der Waals surface area (Å²) in [6.07, 6.45) is 4.63. The van der Waals surface area contributed by atoms with Gasteiger partial charge in [0.05, 0.1) is 11.0 Å². The molecule has 0 unspecified atom stereocenters. The van der Waals surface area contributed by atoms with E-state index < -0.39 is 0 Å². The zero-order valence-electron chi connectivity index (χ0n) is 44.6. The van der Waals surface area contributed by atoms with Crippen molar-refractivity contribution in [1.29, 1.82) is 0 Å². The average molecular weight is 981 g/mol. The second-order valence-electron chi connectivity index (χ2n) is 26.5. The second kappa shape index (κ2) is 13.7. The van der Waals surface area contributed by atoms with Crippen LogP contribution in [0.15, 0.2) is 130 Å². The fourth-order valence-corrected chi connectivity index (χ4v) is 16.1. The van der Waals surface area contributed by atoms with Crippen molar-refractivity contribution in [3.05, 3.63) is 149 Å². The Balaban J connectivity index is 1.13. The van der Waals surface area contributed by atoms with Crippen LogP contribution < -0.4 is 15.7 Å². The number of fused-ring (bicyclic) bond motifs is 21. The predicted octanol–water partition coefficient (Wildman–Crippen LogP) is 18.2. The number of nitrogens with zero attached hydrogens (tertiary/aromatic N) is 2. The van der Waals surface area contributed by atoms with Gasteiger partial charge in [0.1, 0.15) is 22.3 Å². The van der Waals surface area contributed by atoms with Gasteiger partial charge >= 0.3 is 6.85 Å². The minimum Gasteiger partial charge on any atom is -0.456 e. The Bertz CT molecular complexity index is 4540. The summed E-state index contributed by atoms with van der Waals surface area (Å²) in [5, 5.41) is 10.1. The molecule has 0 atom stereocenters. The summed E-state index contributed by atoms with van der Waals surface area (Å²) in [5.74, 6) is 0. The fourth-order valence-electron chi connectivity index (χ4n) is 14.8. The molecule has 0 saturated heterocycles. The third kappa shape index (κ3) is 5.50. The first-order valence-corrected chi connectivity index (χ1v) is 28.0. The van der Waals surface area contributed by atoms with Gasteiger partial charge in [-0.3, -0.25) is 0 Å². The molecule has 2 aliphatic carbocycles. The van der Waals surface area contributed by atoms with Gasteiger partial charge in [-0.25, -0.2) is 0 Å². The monoisotopic (exact) mass is 980 g/mol. The summed E-state index contributed by atoms with van der Waals surface area (Å²) >= 11 is 1.97. The lowest BCUT2D eigenvalue weighted by atomic mass is 9.44. The lowest BCUT2D eigenvalue weighted by molar-refractivity contribution is 0.332. The summed E-state index contributed by atoms with van der Waals surface area (Å²) in [5.41, 5.74) is 22.5. The van der Waals surface area contributed by atoms with Crippen molar-refractivity contribution in [2.45, 2.75) is 129 Å². The van der Waals surface area contributed by atoms with E-state index in [1.807, 2.05) is 11.3 Å². The van der Waals surface area contributed by atoms with E-state index in [0.29, 0.717) is 0 Å². The Labute approximate surface area is 437 Å². The van der Waals surface area contributed by atoms with Gasteiger partial charge in [0.25, 0.3) is 0 Å². The Hall–Kier alpha value is -6.76. The van der Waals surface area contributed by atoms with Crippen molar-refractivity contribution >= 4 is 126 Å². The van der Waals surface area contributed by atoms with Gasteiger partial charge in [0.15, 0.2) is 0 Å². The van der Waals surface area contributed by atoms with Crippen molar-refractivity contribution in [2.24, 2.45) is 0 Å². The second-order valence-corrected chi connectivity index (χ2v) is 27.6. The number of aromatic nitrogens is 1. The molecule has 8 aromatic carbocycles. The molecule has 0 saturated carbocycles. The third-order valence-corrected chi connectivity index (χ3v) is 20.4. The molecule has 6 heteroatoms. The summed E-state index contributed by atoms with van der Waals surface area (Å²) in [4.78, 5) is 2.71. The molecule has 12 aromatic rings. The standard InChI is InChI=1S/C68H61BN2O2S/c1-64(2,3)36-20-22-37(23-21-36)71-51-30-42-40-28-45-48(68(10,11)27-25-65(45,4)5)34-55(40)73-54(42)32-44(51)60-61-62-58(59-39-17-13-15-19-57(39)74-63(59)60)43-29-46-47(67(8,9)26-24-66(46,6)7)33-50(43)70(62)52-31-41-38-16-12-14-18-53(38)72-56(41)35-49(52)69(61)71/h12-23,28-35H,24-27H2,1-11H3. The number of para-hydroxylation sites is 1. The number of hydrogen-bond acceptors (Lipinski definition) is 4. The first-order chi connectivity index (χ1) is 35.3. The largest absolute Gasteiger partial charge is 0.456 e. The predicted molar refractivity (Wildman–Crippen MR) is 317 cm³/mol. The maximum atomic E-state index is 7.22. The first-order valence-electron chi connectivity index (χ1n) is 27.2. The smallest absolute Gasteiger partial charge is 0.333 e. The zero-order valence-corrected chi connectivity index (χ0v) is 45.4. The molecule has 0 fully saturated rings. The molecule has 4 aromatic heterocycles. The normalized spacial score (nSPS) is 18.1. The van der Waals surface area contributed by atoms with E-state index in [0.717, 1.165) is 58.8 Å². The van der Waals surface area contributed by atoms with E-state index in [1.165, 1.54) is 120 Å². The molecule has 4 aliphatic rings. The topological polar surface area (TPSA) is 34.5 Å². The zero-order chi connectivity index (χ0) is 50.5. The van der Waals surface area contributed by atoms with Crippen LogP contribution in [0.4, 0.5) is 11.4 Å². The minimum absolute atomic E-state index is 0.000799. The van der Waals surface area contributed by atoms with Crippen molar-refractivity contribution in [1.82, 2.24) is 4.57 Å². The number of anilines is 2. The van der Waals surface area contributed by atoms with E-state index in [1.54, 1.807) is 0 Å². The fraction of sp³-hybridized carbons (Fsp3) is 0.294. The molecule has 6 heterocycles. The maximum Gasteiger partial charge on any atom is 0.333 e. The summed E-state index contributed by atoms with van der Waals surface area (Å²) < 4.78 is 19.5. The number of benzene rings is 8. The number of hydrogen-bond donors (Lipinski definition) is 0. The summed E-state index contributed by atoms with van der Waals surface area (Å²) in [6, 6.07) is 47.3. The highest BCUT2D eigenvalue weighted by atomic mass is 32.1. The van der Waals surface area contributed by atoms with E-state index in [9.17, 15) is 0 Å². The maximum absolute atomic E-state index is 7.22. The number of furan rings is 2. The van der Waals surface area contributed by atoms with Crippen LogP contribution in [0.2, 0.25) is 0 Å². The first kappa shape index (κ1) is 43.6. The van der Waals surface area contributed by atoms with E-state index in [-0.39, 0.29) is 33.9 Å². The van der Waals surface area contributed by atoms with Gasteiger partial charge in [-0.15, -0.1) is 11.3 Å². The highest BCUT2D eigenvalue weighted by Gasteiger charge is 2.48. The molecule has 2 aliphatic heterocycles. The van der Waals surface area contributed by atoms with Crippen LogP contribution >= 0.6 is 11.3 Å². The number of thiophene rings is 1. The van der Waals surface area contributed by atoms with Crippen LogP contribution in [0.5, 0.6) is 0 Å². The Morgan fingerprint density at radius 3 is 1.77 bits per heavy atom. The molecule has 0 spiro atoms. The lowest BCUT2D eigenvalue weighted by Gasteiger charge is -2.42. The van der Waals surface area contributed by atoms with Gasteiger partial charge < -0.3 is 18.2 Å². The molecular formula is C68H61BN2O2S. The third-order valence-electron chi connectivity index (χ3n) is 19.2.